The Balaban J connectivity index is 2.71. The predicted molar refractivity (Wildman–Crippen MR) is 79.5 cm³/mol. The van der Waals surface area contributed by atoms with Crippen molar-refractivity contribution in [3.63, 3.8) is 0 Å². The average molecular weight is 306 g/mol. The summed E-state index contributed by atoms with van der Waals surface area (Å²) in [5.74, 6) is -0.695. The van der Waals surface area contributed by atoms with Crippen LogP contribution in [0.1, 0.15) is 24.2 Å². The van der Waals surface area contributed by atoms with Crippen molar-refractivity contribution in [1.82, 2.24) is 0 Å². The summed E-state index contributed by atoms with van der Waals surface area (Å²) in [6.07, 6.45) is 0.668. The average Bonchev–Trinajstić information content (AvgIpc) is 2.46. The third-order valence-corrected chi connectivity index (χ3v) is 2.98. The summed E-state index contributed by atoms with van der Waals surface area (Å²) in [7, 11) is 0. The molecule has 0 saturated carbocycles. The fourth-order valence-electron chi connectivity index (χ4n) is 2.20. The summed E-state index contributed by atoms with van der Waals surface area (Å²) in [6.45, 7) is 4.26. The van der Waals surface area contributed by atoms with Crippen molar-refractivity contribution >= 4 is 6.29 Å². The van der Waals surface area contributed by atoms with Crippen LogP contribution in [-0.2, 0) is 0 Å². The number of carbonyl (C=O) groups excluding carboxylic acids is 1. The lowest BCUT2D eigenvalue weighted by atomic mass is 10.0. The van der Waals surface area contributed by atoms with Gasteiger partial charge in [0.2, 0.25) is 0 Å². The molecule has 0 saturated heterocycles. The molecule has 2 aromatic rings. The van der Waals surface area contributed by atoms with Gasteiger partial charge in [-0.2, -0.15) is 0 Å². The molecule has 0 atom stereocenters. The molecule has 0 spiro atoms. The molecule has 116 valence electrons. The van der Waals surface area contributed by atoms with Gasteiger partial charge in [0.1, 0.15) is 29.4 Å². The zero-order chi connectivity index (χ0) is 16.1. The van der Waals surface area contributed by atoms with Crippen molar-refractivity contribution < 1.29 is 23.0 Å². The van der Waals surface area contributed by atoms with Crippen molar-refractivity contribution in [2.45, 2.75) is 13.8 Å². The van der Waals surface area contributed by atoms with Crippen LogP contribution in [0, 0.1) is 11.6 Å². The van der Waals surface area contributed by atoms with E-state index in [9.17, 15) is 13.6 Å². The lowest BCUT2D eigenvalue weighted by Crippen LogP contribution is -2.01. The molecule has 0 bridgehead atoms. The van der Waals surface area contributed by atoms with Crippen LogP contribution in [0.3, 0.4) is 0 Å². The highest BCUT2D eigenvalue weighted by Gasteiger charge is 2.17. The van der Waals surface area contributed by atoms with E-state index in [1.165, 1.54) is 24.3 Å². The number of aldehydes is 1. The van der Waals surface area contributed by atoms with Crippen LogP contribution in [0.4, 0.5) is 8.78 Å². The maximum atomic E-state index is 13.5. The standard InChI is InChI=1S/C17H16F2O3/c1-3-21-15-5-11(10-20)6-16(22-4-2)17(15)12-7-13(18)9-14(19)8-12/h5-10H,3-4H2,1-2H3. The van der Waals surface area contributed by atoms with Gasteiger partial charge in [0.05, 0.1) is 18.8 Å². The Bertz CT molecular complexity index is 636. The first-order valence-corrected chi connectivity index (χ1v) is 6.94. The van der Waals surface area contributed by atoms with Gasteiger partial charge < -0.3 is 9.47 Å². The van der Waals surface area contributed by atoms with Crippen LogP contribution in [0.5, 0.6) is 11.5 Å². The topological polar surface area (TPSA) is 35.5 Å². The fourth-order valence-corrected chi connectivity index (χ4v) is 2.20. The Hall–Kier alpha value is -2.43. The van der Waals surface area contributed by atoms with Gasteiger partial charge in [0, 0.05) is 11.6 Å². The molecule has 0 heterocycles. The van der Waals surface area contributed by atoms with Gasteiger partial charge >= 0.3 is 0 Å². The summed E-state index contributed by atoms with van der Waals surface area (Å²) >= 11 is 0. The number of hydrogen-bond donors (Lipinski definition) is 0. The SMILES string of the molecule is CCOc1cc(C=O)cc(OCC)c1-c1cc(F)cc(F)c1. The van der Waals surface area contributed by atoms with Crippen molar-refractivity contribution in [3.8, 4) is 22.6 Å². The highest BCUT2D eigenvalue weighted by Crippen LogP contribution is 2.40. The van der Waals surface area contributed by atoms with Gasteiger partial charge in [-0.25, -0.2) is 8.78 Å². The third kappa shape index (κ3) is 3.42. The zero-order valence-corrected chi connectivity index (χ0v) is 12.4. The number of benzene rings is 2. The molecule has 0 N–H and O–H groups in total. The van der Waals surface area contributed by atoms with E-state index in [1.807, 2.05) is 0 Å². The van der Waals surface area contributed by atoms with Gasteiger partial charge in [-0.15, -0.1) is 0 Å². The molecule has 0 fully saturated rings. The van der Waals surface area contributed by atoms with Gasteiger partial charge in [0.25, 0.3) is 0 Å². The Kier molecular flexibility index (Phi) is 5.09. The van der Waals surface area contributed by atoms with E-state index in [4.69, 9.17) is 9.47 Å². The monoisotopic (exact) mass is 306 g/mol. The molecule has 0 unspecified atom stereocenters. The van der Waals surface area contributed by atoms with E-state index in [2.05, 4.69) is 0 Å². The first-order valence-electron chi connectivity index (χ1n) is 6.94. The molecule has 22 heavy (non-hydrogen) atoms. The number of hydrogen-bond acceptors (Lipinski definition) is 3. The second-order valence-corrected chi connectivity index (χ2v) is 4.53. The number of rotatable bonds is 6. The maximum absolute atomic E-state index is 13.5. The molecular weight excluding hydrogens is 290 g/mol. The molecule has 3 nitrogen and oxygen atoms in total. The molecule has 0 aromatic heterocycles. The van der Waals surface area contributed by atoms with Gasteiger partial charge in [-0.05, 0) is 43.7 Å². The largest absolute Gasteiger partial charge is 0.493 e. The highest BCUT2D eigenvalue weighted by atomic mass is 19.1. The van der Waals surface area contributed by atoms with Crippen LogP contribution in [0.2, 0.25) is 0 Å². The minimum absolute atomic E-state index is 0.293. The molecule has 5 heteroatoms. The maximum Gasteiger partial charge on any atom is 0.150 e. The number of ether oxygens (including phenoxy) is 2. The van der Waals surface area contributed by atoms with E-state index >= 15 is 0 Å². The Morgan fingerprint density at radius 1 is 0.909 bits per heavy atom. The fraction of sp³-hybridized carbons (Fsp3) is 0.235. The van der Waals surface area contributed by atoms with Crippen LogP contribution >= 0.6 is 0 Å². The van der Waals surface area contributed by atoms with E-state index in [1.54, 1.807) is 13.8 Å². The van der Waals surface area contributed by atoms with Gasteiger partial charge in [-0.1, -0.05) is 0 Å². The zero-order valence-electron chi connectivity index (χ0n) is 12.4. The van der Waals surface area contributed by atoms with Crippen molar-refractivity contribution in [2.24, 2.45) is 0 Å². The molecule has 0 radical (unpaired) electrons. The molecular formula is C17H16F2O3. The highest BCUT2D eigenvalue weighted by molar-refractivity contribution is 5.84. The quantitative estimate of drug-likeness (QED) is 0.749. The lowest BCUT2D eigenvalue weighted by Gasteiger charge is -2.16. The summed E-state index contributed by atoms with van der Waals surface area (Å²) < 4.78 is 38.1. The first kappa shape index (κ1) is 15.9. The minimum atomic E-state index is -0.695. The van der Waals surface area contributed by atoms with E-state index in [-0.39, 0.29) is 0 Å². The number of carbonyl (C=O) groups is 1. The molecule has 2 aromatic carbocycles. The molecule has 2 rings (SSSR count). The molecule has 0 aliphatic heterocycles. The minimum Gasteiger partial charge on any atom is -0.493 e. The van der Waals surface area contributed by atoms with E-state index < -0.39 is 11.6 Å². The van der Waals surface area contributed by atoms with Crippen LogP contribution in [-0.4, -0.2) is 19.5 Å². The Morgan fingerprint density at radius 3 is 1.82 bits per heavy atom. The van der Waals surface area contributed by atoms with Crippen molar-refractivity contribution in [3.05, 3.63) is 47.5 Å². The summed E-state index contributed by atoms with van der Waals surface area (Å²) in [6, 6.07) is 6.24. The van der Waals surface area contributed by atoms with E-state index in [0.29, 0.717) is 47.7 Å². The smallest absolute Gasteiger partial charge is 0.150 e. The first-order chi connectivity index (χ1) is 10.6. The molecule has 0 aliphatic carbocycles. The third-order valence-electron chi connectivity index (χ3n) is 2.98. The second kappa shape index (κ2) is 7.02. The molecule has 0 aliphatic rings. The Labute approximate surface area is 127 Å². The van der Waals surface area contributed by atoms with Crippen LogP contribution in [0.25, 0.3) is 11.1 Å². The summed E-state index contributed by atoms with van der Waals surface area (Å²) in [4.78, 5) is 11.0. The lowest BCUT2D eigenvalue weighted by molar-refractivity contribution is 0.112. The second-order valence-electron chi connectivity index (χ2n) is 4.53. The summed E-state index contributed by atoms with van der Waals surface area (Å²) in [5.41, 5.74) is 1.09. The predicted octanol–water partition coefficient (Wildman–Crippen LogP) is 4.24. The molecule has 0 amide bonds. The summed E-state index contributed by atoms with van der Waals surface area (Å²) in [5, 5.41) is 0. The van der Waals surface area contributed by atoms with Gasteiger partial charge in [0.15, 0.2) is 0 Å². The van der Waals surface area contributed by atoms with Crippen LogP contribution in [0.15, 0.2) is 30.3 Å². The van der Waals surface area contributed by atoms with Crippen molar-refractivity contribution in [1.29, 1.82) is 0 Å². The van der Waals surface area contributed by atoms with Gasteiger partial charge in [-0.3, -0.25) is 4.79 Å². The Morgan fingerprint density at radius 2 is 1.41 bits per heavy atom. The van der Waals surface area contributed by atoms with Crippen LogP contribution < -0.4 is 9.47 Å². The number of halogens is 2. The normalized spacial score (nSPS) is 10.4. The van der Waals surface area contributed by atoms with E-state index in [0.717, 1.165) is 6.07 Å². The van der Waals surface area contributed by atoms with Crippen molar-refractivity contribution in [2.75, 3.05) is 13.2 Å².